The van der Waals surface area contributed by atoms with Gasteiger partial charge in [0.25, 0.3) is 5.56 Å². The highest BCUT2D eigenvalue weighted by Crippen LogP contribution is 2.12. The Bertz CT molecular complexity index is 594. The van der Waals surface area contributed by atoms with Crippen molar-refractivity contribution in [2.75, 3.05) is 12.3 Å². The summed E-state index contributed by atoms with van der Waals surface area (Å²) in [6.07, 6.45) is 2.75. The van der Waals surface area contributed by atoms with Crippen molar-refractivity contribution >= 4 is 17.4 Å². The first kappa shape index (κ1) is 13.1. The SMILES string of the molecule is Cc1cccn2c(=O)cc(CSCCCN)nc12. The number of fused-ring (bicyclic) bond motifs is 1. The molecule has 2 aromatic rings. The molecule has 5 heteroatoms. The second kappa shape index (κ2) is 6.02. The van der Waals surface area contributed by atoms with Gasteiger partial charge in [-0.05, 0) is 37.3 Å². The van der Waals surface area contributed by atoms with Crippen LogP contribution < -0.4 is 11.3 Å². The second-order valence-electron chi connectivity index (χ2n) is 4.17. The summed E-state index contributed by atoms with van der Waals surface area (Å²) in [5, 5.41) is 0. The van der Waals surface area contributed by atoms with Gasteiger partial charge < -0.3 is 5.73 Å². The number of hydrogen-bond acceptors (Lipinski definition) is 4. The van der Waals surface area contributed by atoms with E-state index in [0.717, 1.165) is 34.8 Å². The summed E-state index contributed by atoms with van der Waals surface area (Å²) in [6.45, 7) is 2.67. The van der Waals surface area contributed by atoms with Gasteiger partial charge in [0.05, 0.1) is 5.69 Å². The van der Waals surface area contributed by atoms with Crippen molar-refractivity contribution in [2.24, 2.45) is 5.73 Å². The lowest BCUT2D eigenvalue weighted by atomic mass is 10.3. The summed E-state index contributed by atoms with van der Waals surface area (Å²) < 4.78 is 1.59. The number of rotatable bonds is 5. The number of nitrogens with two attached hydrogens (primary N) is 1. The Morgan fingerprint density at radius 3 is 3.11 bits per heavy atom. The van der Waals surface area contributed by atoms with Gasteiger partial charge in [-0.15, -0.1) is 0 Å². The topological polar surface area (TPSA) is 60.4 Å². The first-order valence-corrected chi connectivity index (χ1v) is 7.13. The normalized spacial score (nSPS) is 11.0. The molecule has 4 nitrogen and oxygen atoms in total. The van der Waals surface area contributed by atoms with Crippen molar-refractivity contribution < 1.29 is 0 Å². The minimum atomic E-state index is -0.0156. The van der Waals surface area contributed by atoms with Crippen molar-refractivity contribution in [1.29, 1.82) is 0 Å². The number of aryl methyl sites for hydroxylation is 1. The molecule has 0 atom stereocenters. The molecule has 0 aliphatic rings. The highest BCUT2D eigenvalue weighted by atomic mass is 32.2. The van der Waals surface area contributed by atoms with Crippen molar-refractivity contribution in [1.82, 2.24) is 9.38 Å². The fraction of sp³-hybridized carbons (Fsp3) is 0.385. The molecule has 0 amide bonds. The molecule has 0 fully saturated rings. The molecule has 0 unspecified atom stereocenters. The molecule has 0 aliphatic heterocycles. The maximum absolute atomic E-state index is 11.9. The van der Waals surface area contributed by atoms with Crippen LogP contribution in [-0.4, -0.2) is 21.7 Å². The Hall–Kier alpha value is -1.33. The van der Waals surface area contributed by atoms with Crippen molar-refractivity contribution in [2.45, 2.75) is 19.1 Å². The van der Waals surface area contributed by atoms with Crippen LogP contribution in [0.25, 0.3) is 5.65 Å². The highest BCUT2D eigenvalue weighted by Gasteiger charge is 2.04. The quantitative estimate of drug-likeness (QED) is 0.832. The van der Waals surface area contributed by atoms with E-state index in [0.29, 0.717) is 6.54 Å². The summed E-state index contributed by atoms with van der Waals surface area (Å²) >= 11 is 1.76. The van der Waals surface area contributed by atoms with Gasteiger partial charge >= 0.3 is 0 Å². The third kappa shape index (κ3) is 2.91. The van der Waals surface area contributed by atoms with E-state index in [-0.39, 0.29) is 5.56 Å². The van der Waals surface area contributed by atoms with E-state index in [9.17, 15) is 4.79 Å². The van der Waals surface area contributed by atoms with E-state index in [1.54, 1.807) is 28.4 Å². The molecule has 2 N–H and O–H groups in total. The summed E-state index contributed by atoms with van der Waals surface area (Å²) in [7, 11) is 0. The van der Waals surface area contributed by atoms with Gasteiger partial charge in [-0.1, -0.05) is 6.07 Å². The van der Waals surface area contributed by atoms with E-state index in [1.165, 1.54) is 0 Å². The third-order valence-electron chi connectivity index (χ3n) is 2.68. The molecule has 0 aliphatic carbocycles. The first-order valence-electron chi connectivity index (χ1n) is 5.98. The van der Waals surface area contributed by atoms with Crippen LogP contribution in [0.2, 0.25) is 0 Å². The molecule has 0 aromatic carbocycles. The molecule has 0 radical (unpaired) electrons. The van der Waals surface area contributed by atoms with Crippen molar-refractivity contribution in [3.05, 3.63) is 46.0 Å². The van der Waals surface area contributed by atoms with Crippen LogP contribution in [0.5, 0.6) is 0 Å². The van der Waals surface area contributed by atoms with Gasteiger partial charge in [0.1, 0.15) is 5.65 Å². The zero-order valence-corrected chi connectivity index (χ0v) is 11.2. The molecule has 96 valence electrons. The Labute approximate surface area is 110 Å². The Balaban J connectivity index is 2.25. The summed E-state index contributed by atoms with van der Waals surface area (Å²) in [5.41, 5.74) is 8.04. The van der Waals surface area contributed by atoms with Crippen molar-refractivity contribution in [3.8, 4) is 0 Å². The van der Waals surface area contributed by atoms with Crippen molar-refractivity contribution in [3.63, 3.8) is 0 Å². The fourth-order valence-electron chi connectivity index (χ4n) is 1.74. The number of pyridine rings is 1. The second-order valence-corrected chi connectivity index (χ2v) is 5.27. The first-order chi connectivity index (χ1) is 8.72. The molecular weight excluding hydrogens is 246 g/mol. The number of thioether (sulfide) groups is 1. The van der Waals surface area contributed by atoms with Crippen LogP contribution in [0.1, 0.15) is 17.7 Å². The van der Waals surface area contributed by atoms with E-state index in [1.807, 2.05) is 19.1 Å². The van der Waals surface area contributed by atoms with Gasteiger partial charge in [-0.2, -0.15) is 11.8 Å². The maximum atomic E-state index is 11.9. The van der Waals surface area contributed by atoms with E-state index in [4.69, 9.17) is 5.73 Å². The van der Waals surface area contributed by atoms with Crippen LogP contribution in [-0.2, 0) is 5.75 Å². The lowest BCUT2D eigenvalue weighted by molar-refractivity contribution is 0.941. The highest BCUT2D eigenvalue weighted by molar-refractivity contribution is 7.98. The van der Waals surface area contributed by atoms with E-state index in [2.05, 4.69) is 4.98 Å². The maximum Gasteiger partial charge on any atom is 0.258 e. The smallest absolute Gasteiger partial charge is 0.258 e. The minimum absolute atomic E-state index is 0.0156. The molecule has 0 spiro atoms. The van der Waals surface area contributed by atoms with Crippen LogP contribution in [0, 0.1) is 6.92 Å². The molecule has 0 saturated heterocycles. The van der Waals surface area contributed by atoms with Gasteiger partial charge in [0, 0.05) is 18.0 Å². The Morgan fingerprint density at radius 2 is 2.33 bits per heavy atom. The van der Waals surface area contributed by atoms with E-state index >= 15 is 0 Å². The molecule has 18 heavy (non-hydrogen) atoms. The van der Waals surface area contributed by atoms with Crippen LogP contribution in [0.3, 0.4) is 0 Å². The zero-order chi connectivity index (χ0) is 13.0. The standard InChI is InChI=1S/C13H17N3OS/c1-10-4-2-6-16-12(17)8-11(15-13(10)16)9-18-7-3-5-14/h2,4,6,8H,3,5,7,9,14H2,1H3. The predicted molar refractivity (Wildman–Crippen MR) is 76.0 cm³/mol. The molecule has 2 rings (SSSR count). The van der Waals surface area contributed by atoms with Gasteiger partial charge in [0.15, 0.2) is 0 Å². The molecule has 2 aromatic heterocycles. The Morgan fingerprint density at radius 1 is 1.50 bits per heavy atom. The average Bonchev–Trinajstić information content (AvgIpc) is 2.36. The summed E-state index contributed by atoms with van der Waals surface area (Å²) in [5.74, 6) is 1.77. The molecule has 2 heterocycles. The lowest BCUT2D eigenvalue weighted by Gasteiger charge is -2.05. The molecule has 0 saturated carbocycles. The molecular formula is C13H17N3OS. The number of hydrogen-bond donors (Lipinski definition) is 1. The number of aromatic nitrogens is 2. The summed E-state index contributed by atoms with van der Waals surface area (Å²) in [6, 6.07) is 5.44. The minimum Gasteiger partial charge on any atom is -0.330 e. The fourth-order valence-corrected chi connectivity index (χ4v) is 2.62. The molecule has 0 bridgehead atoms. The zero-order valence-electron chi connectivity index (χ0n) is 10.4. The third-order valence-corrected chi connectivity index (χ3v) is 3.76. The average molecular weight is 263 g/mol. The van der Waals surface area contributed by atoms with Crippen LogP contribution >= 0.6 is 11.8 Å². The van der Waals surface area contributed by atoms with Crippen LogP contribution in [0.4, 0.5) is 0 Å². The monoisotopic (exact) mass is 263 g/mol. The summed E-state index contributed by atoms with van der Waals surface area (Å²) in [4.78, 5) is 16.5. The van der Waals surface area contributed by atoms with Gasteiger partial charge in [-0.3, -0.25) is 9.20 Å². The number of nitrogens with zero attached hydrogens (tertiary/aromatic N) is 2. The lowest BCUT2D eigenvalue weighted by Crippen LogP contribution is -2.15. The van der Waals surface area contributed by atoms with E-state index < -0.39 is 0 Å². The largest absolute Gasteiger partial charge is 0.330 e. The predicted octanol–water partition coefficient (Wildman–Crippen LogP) is 1.58. The van der Waals surface area contributed by atoms with Crippen LogP contribution in [0.15, 0.2) is 29.2 Å². The van der Waals surface area contributed by atoms with Gasteiger partial charge in [-0.25, -0.2) is 4.98 Å². The Kier molecular flexibility index (Phi) is 4.38. The van der Waals surface area contributed by atoms with Gasteiger partial charge in [0.2, 0.25) is 0 Å².